The number of phenols is 1. The van der Waals surface area contributed by atoms with Gasteiger partial charge in [0.25, 0.3) is 0 Å². The summed E-state index contributed by atoms with van der Waals surface area (Å²) in [4.78, 5) is 0. The largest absolute Gasteiger partial charge is 0.507 e. The van der Waals surface area contributed by atoms with Gasteiger partial charge in [0.15, 0.2) is 0 Å². The van der Waals surface area contributed by atoms with Crippen LogP contribution in [0.25, 0.3) is 0 Å². The summed E-state index contributed by atoms with van der Waals surface area (Å²) >= 11 is 0. The van der Waals surface area contributed by atoms with Crippen molar-refractivity contribution in [2.24, 2.45) is 5.73 Å². The van der Waals surface area contributed by atoms with Gasteiger partial charge in [-0.05, 0) is 20.3 Å². The fourth-order valence-corrected chi connectivity index (χ4v) is 1.35. The Labute approximate surface area is 88.7 Å². The van der Waals surface area contributed by atoms with Crippen LogP contribution in [0.4, 0.5) is 4.39 Å². The number of methoxy groups -OCH3 is 1. The highest BCUT2D eigenvalue weighted by Crippen LogP contribution is 2.29. The second-order valence-corrected chi connectivity index (χ2v) is 4.27. The zero-order valence-electron chi connectivity index (χ0n) is 9.17. The molecule has 0 aromatic heterocycles. The molecule has 0 saturated heterocycles. The summed E-state index contributed by atoms with van der Waals surface area (Å²) in [5, 5.41) is 9.59. The Kier molecular flexibility index (Phi) is 3.19. The molecule has 0 unspecified atom stereocenters. The second-order valence-electron chi connectivity index (χ2n) is 4.27. The number of aromatic hydroxyl groups is 1. The van der Waals surface area contributed by atoms with Gasteiger partial charge in [-0.3, -0.25) is 0 Å². The molecule has 15 heavy (non-hydrogen) atoms. The van der Waals surface area contributed by atoms with Crippen molar-refractivity contribution >= 4 is 0 Å². The van der Waals surface area contributed by atoms with Gasteiger partial charge in [-0.15, -0.1) is 0 Å². The molecule has 3 N–H and O–H groups in total. The van der Waals surface area contributed by atoms with Gasteiger partial charge < -0.3 is 15.6 Å². The van der Waals surface area contributed by atoms with Crippen molar-refractivity contribution in [1.29, 1.82) is 0 Å². The van der Waals surface area contributed by atoms with E-state index in [0.717, 1.165) is 0 Å². The smallest absolute Gasteiger partial charge is 0.133 e. The number of benzene rings is 1. The van der Waals surface area contributed by atoms with Gasteiger partial charge >= 0.3 is 0 Å². The Morgan fingerprint density at radius 1 is 1.47 bits per heavy atom. The molecule has 0 amide bonds. The molecule has 0 radical (unpaired) electrons. The minimum atomic E-state index is -0.563. The van der Waals surface area contributed by atoms with Crippen LogP contribution >= 0.6 is 0 Å². The molecule has 1 aromatic carbocycles. The minimum absolute atomic E-state index is 0.120. The summed E-state index contributed by atoms with van der Waals surface area (Å²) in [6.07, 6.45) is 0.272. The van der Waals surface area contributed by atoms with Crippen LogP contribution < -0.4 is 10.5 Å². The van der Waals surface area contributed by atoms with Gasteiger partial charge in [0.2, 0.25) is 0 Å². The van der Waals surface area contributed by atoms with Gasteiger partial charge in [0.1, 0.15) is 17.3 Å². The summed E-state index contributed by atoms with van der Waals surface area (Å²) < 4.78 is 18.4. The number of rotatable bonds is 3. The predicted molar refractivity (Wildman–Crippen MR) is 56.6 cm³/mol. The van der Waals surface area contributed by atoms with Gasteiger partial charge in [0.05, 0.1) is 7.11 Å². The van der Waals surface area contributed by atoms with Gasteiger partial charge in [0, 0.05) is 23.2 Å². The summed E-state index contributed by atoms with van der Waals surface area (Å²) in [6, 6.07) is 2.62. The highest BCUT2D eigenvalue weighted by atomic mass is 19.1. The molecule has 0 atom stereocenters. The van der Waals surface area contributed by atoms with Crippen LogP contribution in [0, 0.1) is 5.82 Å². The molecular weight excluding hydrogens is 197 g/mol. The van der Waals surface area contributed by atoms with Crippen molar-refractivity contribution in [2.45, 2.75) is 25.8 Å². The number of hydrogen-bond acceptors (Lipinski definition) is 3. The quantitative estimate of drug-likeness (QED) is 0.805. The van der Waals surface area contributed by atoms with E-state index >= 15 is 0 Å². The zero-order valence-corrected chi connectivity index (χ0v) is 9.17. The van der Waals surface area contributed by atoms with Crippen LogP contribution in [-0.2, 0) is 6.42 Å². The van der Waals surface area contributed by atoms with Crippen LogP contribution in [0.1, 0.15) is 19.4 Å². The van der Waals surface area contributed by atoms with Crippen molar-refractivity contribution in [1.82, 2.24) is 0 Å². The van der Waals surface area contributed by atoms with Crippen LogP contribution in [0.15, 0.2) is 12.1 Å². The van der Waals surface area contributed by atoms with E-state index in [1.54, 1.807) is 13.8 Å². The molecule has 1 rings (SSSR count). The average molecular weight is 213 g/mol. The monoisotopic (exact) mass is 213 g/mol. The maximum absolute atomic E-state index is 13.5. The normalized spacial score (nSPS) is 11.5. The van der Waals surface area contributed by atoms with Crippen LogP contribution in [0.5, 0.6) is 11.5 Å². The molecule has 0 saturated carbocycles. The van der Waals surface area contributed by atoms with Crippen molar-refractivity contribution in [3.8, 4) is 11.5 Å². The SMILES string of the molecule is COc1cc(O)c(CC(C)(C)N)c(F)c1. The molecule has 0 spiro atoms. The highest BCUT2D eigenvalue weighted by molar-refractivity contribution is 5.41. The van der Waals surface area contributed by atoms with E-state index in [0.29, 0.717) is 5.75 Å². The first-order valence-corrected chi connectivity index (χ1v) is 4.68. The molecular formula is C11H16FNO2. The van der Waals surface area contributed by atoms with E-state index in [-0.39, 0.29) is 17.7 Å². The first-order chi connectivity index (χ1) is 6.83. The van der Waals surface area contributed by atoms with Crippen molar-refractivity contribution < 1.29 is 14.2 Å². The third-order valence-corrected chi connectivity index (χ3v) is 2.01. The number of halogens is 1. The first kappa shape index (κ1) is 11.8. The molecule has 1 aromatic rings. The van der Waals surface area contributed by atoms with Crippen molar-refractivity contribution in [3.05, 3.63) is 23.5 Å². The first-order valence-electron chi connectivity index (χ1n) is 4.68. The van der Waals surface area contributed by atoms with Gasteiger partial charge in [-0.1, -0.05) is 0 Å². The van der Waals surface area contributed by atoms with E-state index in [9.17, 15) is 9.50 Å². The maximum Gasteiger partial charge on any atom is 0.133 e. The topological polar surface area (TPSA) is 55.5 Å². The van der Waals surface area contributed by atoms with E-state index in [1.807, 2.05) is 0 Å². The Bertz CT molecular complexity index is 335. The molecule has 0 aliphatic heterocycles. The lowest BCUT2D eigenvalue weighted by atomic mass is 9.95. The van der Waals surface area contributed by atoms with Gasteiger partial charge in [-0.2, -0.15) is 0 Å². The lowest BCUT2D eigenvalue weighted by Gasteiger charge is -2.19. The van der Waals surface area contributed by atoms with Crippen LogP contribution in [0.3, 0.4) is 0 Å². The zero-order chi connectivity index (χ0) is 11.6. The van der Waals surface area contributed by atoms with Crippen LogP contribution in [0.2, 0.25) is 0 Å². The fourth-order valence-electron chi connectivity index (χ4n) is 1.35. The molecule has 0 aliphatic rings. The molecule has 0 fully saturated rings. The van der Waals surface area contributed by atoms with Crippen molar-refractivity contribution in [3.63, 3.8) is 0 Å². The summed E-state index contributed by atoms with van der Waals surface area (Å²) in [6.45, 7) is 3.55. The van der Waals surface area contributed by atoms with E-state index in [4.69, 9.17) is 10.5 Å². The molecule has 0 bridgehead atoms. The Morgan fingerprint density at radius 2 is 2.07 bits per heavy atom. The molecule has 3 nitrogen and oxygen atoms in total. The summed E-state index contributed by atoms with van der Waals surface area (Å²) in [5.74, 6) is -0.320. The maximum atomic E-state index is 13.5. The summed E-state index contributed by atoms with van der Waals surface area (Å²) in [7, 11) is 1.42. The third kappa shape index (κ3) is 3.09. The predicted octanol–water partition coefficient (Wildman–Crippen LogP) is 1.82. The van der Waals surface area contributed by atoms with E-state index < -0.39 is 11.4 Å². The minimum Gasteiger partial charge on any atom is -0.507 e. The standard InChI is InChI=1S/C11H16FNO2/c1-11(2,13)6-8-9(12)4-7(15-3)5-10(8)14/h4-5,14H,6,13H2,1-3H3. The van der Waals surface area contributed by atoms with Gasteiger partial charge in [-0.25, -0.2) is 4.39 Å². The van der Waals surface area contributed by atoms with E-state index in [1.165, 1.54) is 19.2 Å². The molecule has 4 heteroatoms. The van der Waals surface area contributed by atoms with E-state index in [2.05, 4.69) is 0 Å². The molecule has 0 aliphatic carbocycles. The summed E-state index contributed by atoms with van der Waals surface area (Å²) in [5.41, 5.74) is 5.43. The Hall–Kier alpha value is -1.29. The number of phenolic OH excluding ortho intramolecular Hbond substituents is 1. The lowest BCUT2D eigenvalue weighted by molar-refractivity contribution is 0.395. The number of nitrogens with two attached hydrogens (primary N) is 1. The second kappa shape index (κ2) is 4.06. The average Bonchev–Trinajstić information content (AvgIpc) is 2.09. The van der Waals surface area contributed by atoms with Crippen molar-refractivity contribution in [2.75, 3.05) is 7.11 Å². The number of ether oxygens (including phenoxy) is 1. The fraction of sp³-hybridized carbons (Fsp3) is 0.455. The Balaban J connectivity index is 3.09. The highest BCUT2D eigenvalue weighted by Gasteiger charge is 2.18. The Morgan fingerprint density at radius 3 is 2.47 bits per heavy atom. The lowest BCUT2D eigenvalue weighted by Crippen LogP contribution is -2.34. The molecule has 0 heterocycles. The van der Waals surface area contributed by atoms with Crippen LogP contribution in [-0.4, -0.2) is 17.8 Å². The number of hydrogen-bond donors (Lipinski definition) is 2. The molecule has 84 valence electrons. The third-order valence-electron chi connectivity index (χ3n) is 2.01.